The zero-order valence-electron chi connectivity index (χ0n) is 27.4. The first-order chi connectivity index (χ1) is 21.7. The minimum atomic E-state index is -0.628. The van der Waals surface area contributed by atoms with Crippen molar-refractivity contribution in [3.8, 4) is 11.5 Å². The van der Waals surface area contributed by atoms with Crippen LogP contribution in [-0.4, -0.2) is 63.8 Å². The van der Waals surface area contributed by atoms with Gasteiger partial charge in [0.1, 0.15) is 24.7 Å². The van der Waals surface area contributed by atoms with Gasteiger partial charge in [0.2, 0.25) is 0 Å². The van der Waals surface area contributed by atoms with Gasteiger partial charge >= 0.3 is 11.9 Å². The Hall–Kier alpha value is -3.88. The van der Waals surface area contributed by atoms with Crippen molar-refractivity contribution < 1.29 is 38.0 Å². The molecule has 0 spiro atoms. The van der Waals surface area contributed by atoms with Crippen molar-refractivity contribution in [2.24, 2.45) is 0 Å². The van der Waals surface area contributed by atoms with E-state index in [2.05, 4.69) is 27.0 Å². The SMILES string of the molecule is C=C(C)C(=O)OC(COCCCC)COc1c2ccccc2c(OCC(COCCCC)OC(=O)C(=C)C)c2cc(C)ccc12. The molecule has 0 radical (unpaired) electrons. The van der Waals surface area contributed by atoms with Gasteiger partial charge in [0.05, 0.1) is 13.2 Å². The van der Waals surface area contributed by atoms with E-state index in [1.54, 1.807) is 13.8 Å². The summed E-state index contributed by atoms with van der Waals surface area (Å²) in [5, 5.41) is 3.34. The summed E-state index contributed by atoms with van der Waals surface area (Å²) in [6.45, 7) is 18.6. The van der Waals surface area contributed by atoms with Gasteiger partial charge in [-0.05, 0) is 39.7 Å². The molecule has 3 aromatic rings. The second-order valence-electron chi connectivity index (χ2n) is 11.3. The van der Waals surface area contributed by atoms with Gasteiger partial charge < -0.3 is 28.4 Å². The van der Waals surface area contributed by atoms with Crippen molar-refractivity contribution in [3.05, 3.63) is 72.3 Å². The van der Waals surface area contributed by atoms with Crippen molar-refractivity contribution in [1.82, 2.24) is 0 Å². The quantitative estimate of drug-likeness (QED) is 0.0550. The molecule has 0 aliphatic carbocycles. The van der Waals surface area contributed by atoms with E-state index in [0.29, 0.717) is 35.9 Å². The van der Waals surface area contributed by atoms with Gasteiger partial charge in [0.15, 0.2) is 12.2 Å². The van der Waals surface area contributed by atoms with E-state index in [0.717, 1.165) is 52.8 Å². The molecule has 45 heavy (non-hydrogen) atoms. The topological polar surface area (TPSA) is 89.5 Å². The molecule has 3 aromatic carbocycles. The third-order valence-electron chi connectivity index (χ3n) is 7.04. The van der Waals surface area contributed by atoms with Gasteiger partial charge in [0.25, 0.3) is 0 Å². The standard InChI is InChI=1S/C37H48O8/c1-8-10-18-40-21-28(44-36(38)25(3)4)23-42-34-30-14-12-13-15-31(30)35(33-20-27(7)16-17-32(33)34)43-24-29(22-41-19-11-9-2)45-37(39)26(5)6/h12-17,20,28-29H,3,5,8-11,18-19,21-24H2,1-2,4,6-7H3. The molecule has 0 aliphatic heterocycles. The van der Waals surface area contributed by atoms with E-state index in [4.69, 9.17) is 28.4 Å². The first-order valence-electron chi connectivity index (χ1n) is 15.7. The molecular weight excluding hydrogens is 572 g/mol. The summed E-state index contributed by atoms with van der Waals surface area (Å²) in [7, 11) is 0. The molecule has 0 fully saturated rings. The Labute approximate surface area is 267 Å². The molecule has 0 saturated heterocycles. The molecule has 0 bridgehead atoms. The summed E-state index contributed by atoms with van der Waals surface area (Å²) in [5.74, 6) is 0.315. The lowest BCUT2D eigenvalue weighted by Gasteiger charge is -2.23. The van der Waals surface area contributed by atoms with Crippen LogP contribution in [0.2, 0.25) is 0 Å². The van der Waals surface area contributed by atoms with Crippen molar-refractivity contribution in [3.63, 3.8) is 0 Å². The molecule has 3 rings (SSSR count). The van der Waals surface area contributed by atoms with Crippen LogP contribution in [0.4, 0.5) is 0 Å². The molecule has 8 nitrogen and oxygen atoms in total. The average Bonchev–Trinajstić information content (AvgIpc) is 3.02. The molecule has 8 heteroatoms. The molecule has 0 saturated carbocycles. The molecule has 0 aliphatic rings. The van der Waals surface area contributed by atoms with Gasteiger partial charge in [-0.1, -0.05) is 81.8 Å². The summed E-state index contributed by atoms with van der Waals surface area (Å²) in [4.78, 5) is 24.8. The molecule has 0 amide bonds. The number of fused-ring (bicyclic) bond motifs is 2. The Morgan fingerprint density at radius 2 is 1.11 bits per heavy atom. The predicted octanol–water partition coefficient (Wildman–Crippen LogP) is 7.67. The lowest BCUT2D eigenvalue weighted by Crippen LogP contribution is -2.30. The zero-order chi connectivity index (χ0) is 32.8. The largest absolute Gasteiger partial charge is 0.488 e. The normalized spacial score (nSPS) is 12.5. The summed E-state index contributed by atoms with van der Waals surface area (Å²) in [5.41, 5.74) is 1.66. The van der Waals surface area contributed by atoms with Gasteiger partial charge in [-0.3, -0.25) is 0 Å². The second kappa shape index (κ2) is 18.2. The maximum atomic E-state index is 12.4. The highest BCUT2D eigenvalue weighted by atomic mass is 16.6. The Morgan fingerprint density at radius 1 is 0.667 bits per heavy atom. The number of benzene rings is 3. The first-order valence-corrected chi connectivity index (χ1v) is 15.7. The molecule has 0 N–H and O–H groups in total. The molecule has 0 aromatic heterocycles. The highest BCUT2D eigenvalue weighted by Gasteiger charge is 2.22. The van der Waals surface area contributed by atoms with Gasteiger partial charge in [-0.2, -0.15) is 0 Å². The van der Waals surface area contributed by atoms with Crippen LogP contribution in [0.15, 0.2) is 66.8 Å². The van der Waals surface area contributed by atoms with E-state index in [1.807, 2.05) is 49.4 Å². The smallest absolute Gasteiger partial charge is 0.333 e. The summed E-state index contributed by atoms with van der Waals surface area (Å²) >= 11 is 0. The third-order valence-corrected chi connectivity index (χ3v) is 7.04. The first kappa shape index (κ1) is 35.6. The number of carbonyl (C=O) groups excluding carboxylic acids is 2. The summed E-state index contributed by atoms with van der Waals surface area (Å²) in [6.07, 6.45) is 2.57. The predicted molar refractivity (Wildman–Crippen MR) is 178 cm³/mol. The maximum absolute atomic E-state index is 12.4. The lowest BCUT2D eigenvalue weighted by atomic mass is 9.99. The number of carbonyl (C=O) groups is 2. The summed E-state index contributed by atoms with van der Waals surface area (Å²) < 4.78 is 35.9. The Bertz CT molecular complexity index is 1460. The highest BCUT2D eigenvalue weighted by Crippen LogP contribution is 2.43. The number of ether oxygens (including phenoxy) is 6. The van der Waals surface area contributed by atoms with Crippen LogP contribution >= 0.6 is 0 Å². The molecule has 244 valence electrons. The van der Waals surface area contributed by atoms with E-state index in [-0.39, 0.29) is 26.4 Å². The van der Waals surface area contributed by atoms with Crippen LogP contribution in [0, 0.1) is 6.92 Å². The fraction of sp³-hybridized carbons (Fsp3) is 0.459. The van der Waals surface area contributed by atoms with Crippen LogP contribution in [0.25, 0.3) is 21.5 Å². The minimum Gasteiger partial charge on any atom is -0.488 e. The number of rotatable bonds is 20. The minimum absolute atomic E-state index is 0.0896. The fourth-order valence-electron chi connectivity index (χ4n) is 4.54. The van der Waals surface area contributed by atoms with E-state index in [9.17, 15) is 9.59 Å². The molecule has 2 unspecified atom stereocenters. The van der Waals surface area contributed by atoms with E-state index < -0.39 is 24.1 Å². The van der Waals surface area contributed by atoms with Crippen molar-refractivity contribution in [2.45, 2.75) is 72.5 Å². The zero-order valence-corrected chi connectivity index (χ0v) is 27.4. The second-order valence-corrected chi connectivity index (χ2v) is 11.3. The number of esters is 2. The van der Waals surface area contributed by atoms with Crippen molar-refractivity contribution in [1.29, 1.82) is 0 Å². The van der Waals surface area contributed by atoms with E-state index >= 15 is 0 Å². The van der Waals surface area contributed by atoms with Crippen molar-refractivity contribution in [2.75, 3.05) is 39.6 Å². The van der Waals surface area contributed by atoms with Crippen LogP contribution < -0.4 is 9.47 Å². The van der Waals surface area contributed by atoms with Gasteiger partial charge in [0, 0.05) is 45.9 Å². The van der Waals surface area contributed by atoms with Crippen LogP contribution in [0.3, 0.4) is 0 Å². The Morgan fingerprint density at radius 3 is 1.56 bits per heavy atom. The Balaban J connectivity index is 1.96. The molecule has 2 atom stereocenters. The Kier molecular flexibility index (Phi) is 14.4. The third kappa shape index (κ3) is 10.6. The monoisotopic (exact) mass is 620 g/mol. The van der Waals surface area contributed by atoms with Crippen LogP contribution in [0.1, 0.15) is 58.9 Å². The fourth-order valence-corrected chi connectivity index (χ4v) is 4.54. The van der Waals surface area contributed by atoms with Crippen LogP contribution in [-0.2, 0) is 28.5 Å². The highest BCUT2D eigenvalue weighted by molar-refractivity contribution is 6.11. The number of aryl methyl sites for hydroxylation is 1. The number of hydrogen-bond donors (Lipinski definition) is 0. The van der Waals surface area contributed by atoms with Crippen molar-refractivity contribution >= 4 is 33.5 Å². The molecular formula is C37H48O8. The van der Waals surface area contributed by atoms with E-state index in [1.165, 1.54) is 0 Å². The maximum Gasteiger partial charge on any atom is 0.333 e. The van der Waals surface area contributed by atoms with Gasteiger partial charge in [-0.15, -0.1) is 0 Å². The lowest BCUT2D eigenvalue weighted by molar-refractivity contribution is -0.150. The number of unbranched alkanes of at least 4 members (excludes halogenated alkanes) is 2. The van der Waals surface area contributed by atoms with Gasteiger partial charge in [-0.25, -0.2) is 9.59 Å². The molecule has 0 heterocycles. The van der Waals surface area contributed by atoms with Crippen LogP contribution in [0.5, 0.6) is 11.5 Å². The number of hydrogen-bond acceptors (Lipinski definition) is 8. The average molecular weight is 621 g/mol. The summed E-state index contributed by atoms with van der Waals surface area (Å²) in [6, 6.07) is 13.9.